The van der Waals surface area contributed by atoms with Crippen LogP contribution in [-0.2, 0) is 21.7 Å². The molecule has 0 N–H and O–H groups in total. The van der Waals surface area contributed by atoms with Gasteiger partial charge in [-0.15, -0.1) is 11.3 Å². The Bertz CT molecular complexity index is 3520. The van der Waals surface area contributed by atoms with E-state index in [-0.39, 0.29) is 28.4 Å². The van der Waals surface area contributed by atoms with E-state index in [0.717, 1.165) is 29.9 Å². The van der Waals surface area contributed by atoms with Crippen LogP contribution in [0, 0.1) is 6.92 Å². The third-order valence-electron chi connectivity index (χ3n) is 16.2. The van der Waals surface area contributed by atoms with Crippen molar-refractivity contribution in [3.63, 3.8) is 0 Å². The highest BCUT2D eigenvalue weighted by Crippen LogP contribution is 2.57. The molecule has 0 fully saturated rings. The minimum atomic E-state index is -0.101. The molecule has 2 aliphatic heterocycles. The number of hydrogen-bond acceptors (Lipinski definition) is 4. The van der Waals surface area contributed by atoms with Crippen LogP contribution in [0.15, 0.2) is 176 Å². The summed E-state index contributed by atoms with van der Waals surface area (Å²) in [7, 11) is 0. The second kappa shape index (κ2) is 16.6. The van der Waals surface area contributed by atoms with Crippen LogP contribution in [0.2, 0.25) is 0 Å². The molecule has 12 rings (SSSR count). The molecule has 0 spiro atoms. The summed E-state index contributed by atoms with van der Waals surface area (Å²) in [6, 6.07) is 67.2. The second-order valence-electron chi connectivity index (χ2n) is 24.2. The van der Waals surface area contributed by atoms with Crippen molar-refractivity contribution in [3.05, 3.63) is 204 Å². The Morgan fingerprint density at radius 3 is 1.74 bits per heavy atom. The maximum Gasteiger partial charge on any atom is 0.254 e. The predicted octanol–water partition coefficient (Wildman–Crippen LogP) is 17.4. The molecular formula is C67H66BN3S. The van der Waals surface area contributed by atoms with E-state index in [9.17, 15) is 0 Å². The Morgan fingerprint density at radius 2 is 1.11 bits per heavy atom. The van der Waals surface area contributed by atoms with E-state index in [4.69, 9.17) is 0 Å². The molecule has 5 heteroatoms. The second-order valence-corrected chi connectivity index (χ2v) is 25.2. The van der Waals surface area contributed by atoms with Crippen molar-refractivity contribution >= 4 is 95.0 Å². The van der Waals surface area contributed by atoms with Crippen LogP contribution in [0.25, 0.3) is 21.2 Å². The smallest absolute Gasteiger partial charge is 0.254 e. The lowest BCUT2D eigenvalue weighted by atomic mass is 9.33. The molecule has 3 heterocycles. The number of benzene rings is 8. The fourth-order valence-electron chi connectivity index (χ4n) is 12.2. The summed E-state index contributed by atoms with van der Waals surface area (Å²) < 4.78 is 1.32. The average Bonchev–Trinajstić information content (AvgIpc) is 3.73. The molecule has 0 atom stereocenters. The minimum Gasteiger partial charge on any atom is -0.310 e. The number of nitrogens with zero attached hydrogens (tertiary/aromatic N) is 3. The van der Waals surface area contributed by atoms with Gasteiger partial charge in [0.2, 0.25) is 0 Å². The Balaban J connectivity index is 1.29. The van der Waals surface area contributed by atoms with Crippen LogP contribution in [0.1, 0.15) is 110 Å². The first kappa shape index (κ1) is 46.3. The van der Waals surface area contributed by atoms with Crippen LogP contribution in [0.3, 0.4) is 0 Å². The molecule has 0 radical (unpaired) electrons. The summed E-state index contributed by atoms with van der Waals surface area (Å²) >= 11 is 1.94. The Labute approximate surface area is 432 Å². The number of rotatable bonds is 6. The lowest BCUT2D eigenvalue weighted by Gasteiger charge is -2.49. The van der Waals surface area contributed by atoms with Crippen molar-refractivity contribution in [3.8, 4) is 11.1 Å². The van der Waals surface area contributed by atoms with Crippen LogP contribution in [0.5, 0.6) is 0 Å². The zero-order valence-corrected chi connectivity index (χ0v) is 44.8. The molecule has 0 unspecified atom stereocenters. The Hall–Kier alpha value is -6.82. The molecular weight excluding hydrogens is 890 g/mol. The first-order valence-corrected chi connectivity index (χ1v) is 26.9. The molecule has 0 saturated heterocycles. The van der Waals surface area contributed by atoms with Gasteiger partial charge in [-0.1, -0.05) is 184 Å². The van der Waals surface area contributed by atoms with Gasteiger partial charge in [0.25, 0.3) is 6.71 Å². The lowest BCUT2D eigenvalue weighted by molar-refractivity contribution is 0.333. The van der Waals surface area contributed by atoms with Gasteiger partial charge in [-0.25, -0.2) is 0 Å². The van der Waals surface area contributed by atoms with Gasteiger partial charge in [0.1, 0.15) is 0 Å². The van der Waals surface area contributed by atoms with Crippen LogP contribution < -0.4 is 31.1 Å². The first-order valence-electron chi connectivity index (χ1n) is 26.1. The number of anilines is 9. The molecule has 8 aromatic carbocycles. The molecule has 9 aromatic rings. The fraction of sp³-hybridized carbons (Fsp3) is 0.254. The van der Waals surface area contributed by atoms with E-state index in [0.29, 0.717) is 0 Å². The topological polar surface area (TPSA) is 9.72 Å². The molecule has 358 valence electrons. The summed E-state index contributed by atoms with van der Waals surface area (Å²) in [5.41, 5.74) is 22.8. The molecule has 0 amide bonds. The highest BCUT2D eigenvalue weighted by Gasteiger charge is 2.50. The standard InChI is InChI=1S/C67H66BN3S/c1-43-27-36-58-52(39-43)60-63(72-58)70(49-31-28-45(29-32-49)64(2,3)4)56-41-50(69(47-23-17-13-18-24-47)48-25-19-14-20-26-48)42-57-61(56)68(60)54-34-33-53-59(67(10,11)38-37-66(53,8)9)62(54)71(57)55-35-30-46(65(5,6)7)40-51(55)44-21-15-12-16-22-44/h12-36,39-42H,37-38H2,1-11H3. The number of fused-ring (bicyclic) bond motifs is 8. The van der Waals surface area contributed by atoms with Crippen LogP contribution >= 0.6 is 11.3 Å². The third kappa shape index (κ3) is 7.44. The molecule has 1 aromatic heterocycles. The third-order valence-corrected chi connectivity index (χ3v) is 17.4. The van der Waals surface area contributed by atoms with Crippen molar-refractivity contribution < 1.29 is 0 Å². The maximum atomic E-state index is 2.75. The number of thiophene rings is 1. The summed E-state index contributed by atoms with van der Waals surface area (Å²) in [5.74, 6) is 0. The largest absolute Gasteiger partial charge is 0.310 e. The highest BCUT2D eigenvalue weighted by atomic mass is 32.1. The first-order chi connectivity index (χ1) is 34.4. The SMILES string of the molecule is Cc1ccc2sc3c(c2c1)B1c2ccc4c(c2N(c2ccc(C(C)(C)C)cc2-c2ccccc2)c2cc(N(c5ccccc5)c5ccccc5)cc(c21)N3c1ccc(C(C)(C)C)cc1)C(C)(C)CCC4(C)C. The number of para-hydroxylation sites is 2. The fourth-order valence-corrected chi connectivity index (χ4v) is 13.5. The van der Waals surface area contributed by atoms with Crippen molar-refractivity contribution in [1.82, 2.24) is 0 Å². The van der Waals surface area contributed by atoms with Crippen molar-refractivity contribution in [1.29, 1.82) is 0 Å². The van der Waals surface area contributed by atoms with Crippen LogP contribution in [0.4, 0.5) is 50.5 Å². The molecule has 0 saturated carbocycles. The van der Waals surface area contributed by atoms with Gasteiger partial charge in [-0.05, 0) is 158 Å². The van der Waals surface area contributed by atoms with E-state index in [1.54, 1.807) is 0 Å². The summed E-state index contributed by atoms with van der Waals surface area (Å²) in [4.78, 5) is 7.85. The number of aryl methyl sites for hydroxylation is 1. The van der Waals surface area contributed by atoms with E-state index >= 15 is 0 Å². The molecule has 0 bridgehead atoms. The predicted molar refractivity (Wildman–Crippen MR) is 313 cm³/mol. The van der Waals surface area contributed by atoms with Gasteiger partial charge in [-0.2, -0.15) is 0 Å². The van der Waals surface area contributed by atoms with Gasteiger partial charge >= 0.3 is 0 Å². The molecule has 1 aliphatic carbocycles. The molecule has 72 heavy (non-hydrogen) atoms. The Kier molecular flexibility index (Phi) is 10.7. The Morgan fingerprint density at radius 1 is 0.528 bits per heavy atom. The van der Waals surface area contributed by atoms with Gasteiger partial charge in [0.15, 0.2) is 0 Å². The summed E-state index contributed by atoms with van der Waals surface area (Å²) in [5, 5.41) is 2.64. The highest BCUT2D eigenvalue weighted by molar-refractivity contribution is 7.26. The summed E-state index contributed by atoms with van der Waals surface area (Å²) in [6.45, 7) is 26.2. The van der Waals surface area contributed by atoms with E-state index in [1.807, 2.05) is 11.3 Å². The van der Waals surface area contributed by atoms with E-state index in [2.05, 4.69) is 267 Å². The zero-order chi connectivity index (χ0) is 50.1. The monoisotopic (exact) mass is 956 g/mol. The normalized spacial score (nSPS) is 15.5. The van der Waals surface area contributed by atoms with Gasteiger partial charge in [0, 0.05) is 44.4 Å². The van der Waals surface area contributed by atoms with Crippen molar-refractivity contribution in [2.24, 2.45) is 0 Å². The van der Waals surface area contributed by atoms with Gasteiger partial charge in [0.05, 0.1) is 16.4 Å². The minimum absolute atomic E-state index is 0.00542. The van der Waals surface area contributed by atoms with Crippen LogP contribution in [-0.4, -0.2) is 6.71 Å². The average molecular weight is 956 g/mol. The molecule has 3 aliphatic rings. The van der Waals surface area contributed by atoms with Gasteiger partial charge in [-0.3, -0.25) is 0 Å². The number of hydrogen-bond donors (Lipinski definition) is 0. The zero-order valence-electron chi connectivity index (χ0n) is 44.0. The summed E-state index contributed by atoms with van der Waals surface area (Å²) in [6.07, 6.45) is 2.24. The van der Waals surface area contributed by atoms with Crippen molar-refractivity contribution in [2.75, 3.05) is 14.7 Å². The van der Waals surface area contributed by atoms with E-state index < -0.39 is 0 Å². The van der Waals surface area contributed by atoms with Gasteiger partial charge < -0.3 is 14.7 Å². The van der Waals surface area contributed by atoms with E-state index in [1.165, 1.54) is 98.9 Å². The maximum absolute atomic E-state index is 2.75. The lowest BCUT2D eigenvalue weighted by Crippen LogP contribution is -2.61. The quantitative estimate of drug-likeness (QED) is 0.154. The van der Waals surface area contributed by atoms with Crippen molar-refractivity contribution in [2.45, 2.75) is 111 Å². The molecule has 3 nitrogen and oxygen atoms in total.